The number of methoxy groups -OCH3 is 1. The van der Waals surface area contributed by atoms with Crippen molar-refractivity contribution in [2.75, 3.05) is 20.2 Å². The van der Waals surface area contributed by atoms with E-state index in [1.54, 1.807) is 17.0 Å². The maximum Gasteiger partial charge on any atom is 0.310 e. The Hall–Kier alpha value is -1.36. The van der Waals surface area contributed by atoms with E-state index >= 15 is 0 Å². The summed E-state index contributed by atoms with van der Waals surface area (Å²) in [7, 11) is 1.38. The van der Waals surface area contributed by atoms with Crippen LogP contribution in [0.15, 0.2) is 28.7 Å². The summed E-state index contributed by atoms with van der Waals surface area (Å²) in [5.74, 6) is -0.361. The van der Waals surface area contributed by atoms with Gasteiger partial charge in [-0.2, -0.15) is 0 Å². The van der Waals surface area contributed by atoms with E-state index in [1.807, 2.05) is 19.1 Å². The zero-order chi connectivity index (χ0) is 14.0. The van der Waals surface area contributed by atoms with E-state index in [2.05, 4.69) is 15.9 Å². The van der Waals surface area contributed by atoms with Crippen LogP contribution in [0.2, 0.25) is 0 Å². The fourth-order valence-electron chi connectivity index (χ4n) is 2.37. The summed E-state index contributed by atoms with van der Waals surface area (Å²) in [6, 6.07) is 7.24. The van der Waals surface area contributed by atoms with E-state index in [4.69, 9.17) is 4.74 Å². The molecular weight excluding hydrogens is 310 g/mol. The van der Waals surface area contributed by atoms with Crippen LogP contribution in [0.3, 0.4) is 0 Å². The molecule has 1 heterocycles. The maximum absolute atomic E-state index is 12.3. The summed E-state index contributed by atoms with van der Waals surface area (Å²) in [6.07, 6.45) is 0. The van der Waals surface area contributed by atoms with E-state index in [9.17, 15) is 9.59 Å². The van der Waals surface area contributed by atoms with E-state index in [1.165, 1.54) is 7.11 Å². The molecule has 102 valence electrons. The number of hydrogen-bond acceptors (Lipinski definition) is 3. The van der Waals surface area contributed by atoms with Gasteiger partial charge in [-0.15, -0.1) is 0 Å². The second-order valence-corrected chi connectivity index (χ2v) is 5.74. The van der Waals surface area contributed by atoms with Gasteiger partial charge in [0.15, 0.2) is 0 Å². The van der Waals surface area contributed by atoms with Crippen molar-refractivity contribution in [1.29, 1.82) is 0 Å². The maximum atomic E-state index is 12.3. The molecule has 5 heteroatoms. The standard InChI is InChI=1S/C14H16BrNO3/c1-9-7-16(8-12(9)14(18)19-2)13(17)10-3-5-11(15)6-4-10/h3-6,9,12H,7-8H2,1-2H3. The number of esters is 1. The molecule has 2 atom stereocenters. The Labute approximate surface area is 120 Å². The van der Waals surface area contributed by atoms with E-state index in [-0.39, 0.29) is 23.7 Å². The van der Waals surface area contributed by atoms with Crippen LogP contribution < -0.4 is 0 Å². The van der Waals surface area contributed by atoms with Gasteiger partial charge < -0.3 is 9.64 Å². The molecule has 1 fully saturated rings. The normalized spacial score (nSPS) is 22.4. The molecule has 19 heavy (non-hydrogen) atoms. The van der Waals surface area contributed by atoms with Gasteiger partial charge in [0.1, 0.15) is 0 Å². The lowest BCUT2D eigenvalue weighted by Crippen LogP contribution is -2.30. The number of benzene rings is 1. The highest BCUT2D eigenvalue weighted by atomic mass is 79.9. The number of amides is 1. The van der Waals surface area contributed by atoms with Crippen LogP contribution in [0.5, 0.6) is 0 Å². The van der Waals surface area contributed by atoms with Crippen molar-refractivity contribution in [3.63, 3.8) is 0 Å². The average Bonchev–Trinajstić information content (AvgIpc) is 2.80. The van der Waals surface area contributed by atoms with Crippen LogP contribution in [-0.4, -0.2) is 37.0 Å². The van der Waals surface area contributed by atoms with Gasteiger partial charge in [0.2, 0.25) is 0 Å². The topological polar surface area (TPSA) is 46.6 Å². The van der Waals surface area contributed by atoms with E-state index in [0.29, 0.717) is 18.7 Å². The molecule has 0 saturated carbocycles. The molecule has 1 aromatic rings. The molecular formula is C14H16BrNO3. The minimum Gasteiger partial charge on any atom is -0.469 e. The Morgan fingerprint density at radius 2 is 1.89 bits per heavy atom. The minimum atomic E-state index is -0.237. The molecule has 0 bridgehead atoms. The predicted octanol–water partition coefficient (Wildman–Crippen LogP) is 2.33. The largest absolute Gasteiger partial charge is 0.469 e. The number of carbonyl (C=O) groups is 2. The molecule has 2 rings (SSSR count). The van der Waals surface area contributed by atoms with Gasteiger partial charge in [-0.1, -0.05) is 22.9 Å². The Bertz CT molecular complexity index is 486. The molecule has 0 aliphatic carbocycles. The van der Waals surface area contributed by atoms with Gasteiger partial charge in [-0.05, 0) is 30.2 Å². The van der Waals surface area contributed by atoms with Gasteiger partial charge in [-0.3, -0.25) is 9.59 Å². The highest BCUT2D eigenvalue weighted by Gasteiger charge is 2.37. The first-order chi connectivity index (χ1) is 9.02. The predicted molar refractivity (Wildman–Crippen MR) is 74.7 cm³/mol. The lowest BCUT2D eigenvalue weighted by Gasteiger charge is -2.16. The molecule has 4 nitrogen and oxygen atoms in total. The number of hydrogen-bond donors (Lipinski definition) is 0. The quantitative estimate of drug-likeness (QED) is 0.784. The lowest BCUT2D eigenvalue weighted by molar-refractivity contribution is -0.146. The second kappa shape index (κ2) is 5.74. The van der Waals surface area contributed by atoms with Crippen LogP contribution in [0.1, 0.15) is 17.3 Å². The summed E-state index contributed by atoms with van der Waals surface area (Å²) in [5.41, 5.74) is 0.640. The molecule has 1 aliphatic heterocycles. The van der Waals surface area contributed by atoms with Crippen LogP contribution in [0.25, 0.3) is 0 Å². The highest BCUT2D eigenvalue weighted by molar-refractivity contribution is 9.10. The van der Waals surface area contributed by atoms with Crippen molar-refractivity contribution in [3.8, 4) is 0 Å². The van der Waals surface area contributed by atoms with Crippen molar-refractivity contribution < 1.29 is 14.3 Å². The summed E-state index contributed by atoms with van der Waals surface area (Å²) in [6.45, 7) is 2.99. The number of nitrogens with zero attached hydrogens (tertiary/aromatic N) is 1. The highest BCUT2D eigenvalue weighted by Crippen LogP contribution is 2.25. The number of halogens is 1. The molecule has 0 N–H and O–H groups in total. The minimum absolute atomic E-state index is 0.0363. The van der Waals surface area contributed by atoms with Gasteiger partial charge in [-0.25, -0.2) is 0 Å². The molecule has 0 spiro atoms. The molecule has 1 amide bonds. The number of rotatable bonds is 2. The third kappa shape index (κ3) is 2.97. The van der Waals surface area contributed by atoms with Crippen LogP contribution in [0, 0.1) is 11.8 Å². The Morgan fingerprint density at radius 3 is 2.47 bits per heavy atom. The van der Waals surface area contributed by atoms with Crippen LogP contribution >= 0.6 is 15.9 Å². The number of ether oxygens (including phenoxy) is 1. The van der Waals surface area contributed by atoms with Crippen molar-refractivity contribution in [3.05, 3.63) is 34.3 Å². The van der Waals surface area contributed by atoms with Crippen molar-refractivity contribution >= 4 is 27.8 Å². The summed E-state index contributed by atoms with van der Waals surface area (Å²) >= 11 is 3.34. The zero-order valence-electron chi connectivity index (χ0n) is 10.9. The van der Waals surface area contributed by atoms with Crippen molar-refractivity contribution in [2.45, 2.75) is 6.92 Å². The Balaban J connectivity index is 2.09. The average molecular weight is 326 g/mol. The summed E-state index contributed by atoms with van der Waals surface area (Å²) in [5, 5.41) is 0. The third-order valence-corrected chi connectivity index (χ3v) is 4.02. The molecule has 0 radical (unpaired) electrons. The first-order valence-electron chi connectivity index (χ1n) is 6.15. The van der Waals surface area contributed by atoms with Gasteiger partial charge in [0.05, 0.1) is 13.0 Å². The first kappa shape index (κ1) is 14.1. The first-order valence-corrected chi connectivity index (χ1v) is 6.95. The molecule has 1 aliphatic rings. The Morgan fingerprint density at radius 1 is 1.26 bits per heavy atom. The summed E-state index contributed by atoms with van der Waals surface area (Å²) in [4.78, 5) is 25.6. The fourth-order valence-corrected chi connectivity index (χ4v) is 2.63. The number of carbonyl (C=O) groups excluding carboxylic acids is 2. The third-order valence-electron chi connectivity index (χ3n) is 3.49. The summed E-state index contributed by atoms with van der Waals surface area (Å²) < 4.78 is 5.71. The van der Waals surface area contributed by atoms with Gasteiger partial charge in [0.25, 0.3) is 5.91 Å². The number of likely N-dealkylation sites (tertiary alicyclic amines) is 1. The smallest absolute Gasteiger partial charge is 0.310 e. The second-order valence-electron chi connectivity index (χ2n) is 4.82. The van der Waals surface area contributed by atoms with Gasteiger partial charge in [0, 0.05) is 23.1 Å². The fraction of sp³-hybridized carbons (Fsp3) is 0.429. The van der Waals surface area contributed by atoms with Crippen molar-refractivity contribution in [1.82, 2.24) is 4.90 Å². The van der Waals surface area contributed by atoms with E-state index in [0.717, 1.165) is 4.47 Å². The molecule has 0 aromatic heterocycles. The lowest BCUT2D eigenvalue weighted by atomic mass is 9.99. The van der Waals surface area contributed by atoms with Crippen LogP contribution in [-0.2, 0) is 9.53 Å². The molecule has 1 saturated heterocycles. The van der Waals surface area contributed by atoms with E-state index < -0.39 is 0 Å². The SMILES string of the molecule is COC(=O)C1CN(C(=O)c2ccc(Br)cc2)CC1C. The monoisotopic (exact) mass is 325 g/mol. The van der Waals surface area contributed by atoms with Crippen LogP contribution in [0.4, 0.5) is 0 Å². The Kier molecular flexibility index (Phi) is 4.24. The van der Waals surface area contributed by atoms with Gasteiger partial charge >= 0.3 is 5.97 Å². The zero-order valence-corrected chi connectivity index (χ0v) is 12.5. The molecule has 2 unspecified atom stereocenters. The van der Waals surface area contributed by atoms with Crippen molar-refractivity contribution in [2.24, 2.45) is 11.8 Å². The molecule has 1 aromatic carbocycles.